The van der Waals surface area contributed by atoms with Crippen LogP contribution in [0.2, 0.25) is 0 Å². The van der Waals surface area contributed by atoms with E-state index in [0.717, 1.165) is 22.4 Å². The minimum absolute atomic E-state index is 0.0507. The summed E-state index contributed by atoms with van der Waals surface area (Å²) in [5.41, 5.74) is 2.03. The standard InChI is InChI=1S/C20H20F3N5O2/c1-4-17(14-8-10-15(11-9-14)20(21,22)23)24-30-12-16-13(2)6-5-7-18(16)28-19(29)27(3)25-26-28/h5-11H,4,12H2,1-3H3/b24-17-. The van der Waals surface area contributed by atoms with Crippen LogP contribution in [0.4, 0.5) is 13.2 Å². The maximum absolute atomic E-state index is 12.7. The van der Waals surface area contributed by atoms with Gasteiger partial charge in [-0.2, -0.15) is 22.5 Å². The molecule has 0 aliphatic rings. The second-order valence-electron chi connectivity index (χ2n) is 6.61. The zero-order valence-electron chi connectivity index (χ0n) is 16.6. The average molecular weight is 419 g/mol. The van der Waals surface area contributed by atoms with E-state index >= 15 is 0 Å². The zero-order valence-corrected chi connectivity index (χ0v) is 16.6. The van der Waals surface area contributed by atoms with Crippen LogP contribution < -0.4 is 5.69 Å². The quantitative estimate of drug-likeness (QED) is 0.452. The minimum atomic E-state index is -4.39. The highest BCUT2D eigenvalue weighted by Gasteiger charge is 2.30. The van der Waals surface area contributed by atoms with E-state index in [1.165, 1.54) is 23.9 Å². The molecule has 0 aliphatic carbocycles. The third kappa shape index (κ3) is 4.42. The van der Waals surface area contributed by atoms with E-state index in [4.69, 9.17) is 4.84 Å². The molecule has 1 heterocycles. The molecule has 0 unspecified atom stereocenters. The number of hydrogen-bond donors (Lipinski definition) is 0. The summed E-state index contributed by atoms with van der Waals surface area (Å²) in [4.78, 5) is 17.7. The smallest absolute Gasteiger partial charge is 0.391 e. The number of tetrazole rings is 1. The molecule has 158 valence electrons. The van der Waals surface area contributed by atoms with Crippen molar-refractivity contribution < 1.29 is 18.0 Å². The Bertz CT molecular complexity index is 1110. The predicted octanol–water partition coefficient (Wildman–Crippen LogP) is 3.62. The molecule has 3 aromatic rings. The molecular formula is C20H20F3N5O2. The van der Waals surface area contributed by atoms with Crippen LogP contribution in [-0.2, 0) is 24.7 Å². The molecule has 1 aromatic heterocycles. The molecule has 0 saturated carbocycles. The van der Waals surface area contributed by atoms with Gasteiger partial charge in [-0.05, 0) is 53.1 Å². The zero-order chi connectivity index (χ0) is 21.9. The maximum atomic E-state index is 12.7. The van der Waals surface area contributed by atoms with Crippen LogP contribution in [0.25, 0.3) is 5.69 Å². The van der Waals surface area contributed by atoms with Crippen LogP contribution in [0.5, 0.6) is 0 Å². The van der Waals surface area contributed by atoms with Gasteiger partial charge in [0.1, 0.15) is 6.61 Å². The van der Waals surface area contributed by atoms with Gasteiger partial charge in [0.15, 0.2) is 0 Å². The molecule has 7 nitrogen and oxygen atoms in total. The topological polar surface area (TPSA) is 74.3 Å². The fraction of sp³-hybridized carbons (Fsp3) is 0.300. The number of oxime groups is 1. The van der Waals surface area contributed by atoms with Gasteiger partial charge >= 0.3 is 11.9 Å². The maximum Gasteiger partial charge on any atom is 0.416 e. The van der Waals surface area contributed by atoms with Crippen molar-refractivity contribution in [3.63, 3.8) is 0 Å². The number of aromatic nitrogens is 4. The number of halogens is 3. The van der Waals surface area contributed by atoms with Crippen molar-refractivity contribution in [1.29, 1.82) is 0 Å². The van der Waals surface area contributed by atoms with E-state index in [9.17, 15) is 18.0 Å². The molecule has 2 aromatic carbocycles. The number of nitrogens with zero attached hydrogens (tertiary/aromatic N) is 5. The van der Waals surface area contributed by atoms with Crippen LogP contribution in [0.15, 0.2) is 52.4 Å². The van der Waals surface area contributed by atoms with Crippen molar-refractivity contribution in [2.24, 2.45) is 12.2 Å². The van der Waals surface area contributed by atoms with Gasteiger partial charge in [0, 0.05) is 12.6 Å². The van der Waals surface area contributed by atoms with Gasteiger partial charge in [0.2, 0.25) is 0 Å². The summed E-state index contributed by atoms with van der Waals surface area (Å²) in [6, 6.07) is 10.1. The summed E-state index contributed by atoms with van der Waals surface area (Å²) in [5, 5.41) is 11.7. The van der Waals surface area contributed by atoms with E-state index in [2.05, 4.69) is 15.6 Å². The van der Waals surface area contributed by atoms with Gasteiger partial charge in [-0.3, -0.25) is 0 Å². The van der Waals surface area contributed by atoms with Crippen molar-refractivity contribution in [3.8, 4) is 5.69 Å². The van der Waals surface area contributed by atoms with Gasteiger partial charge in [0.25, 0.3) is 0 Å². The van der Waals surface area contributed by atoms with E-state index < -0.39 is 17.4 Å². The first-order valence-electron chi connectivity index (χ1n) is 9.16. The molecule has 0 spiro atoms. The van der Waals surface area contributed by atoms with Crippen LogP contribution >= 0.6 is 0 Å². The highest BCUT2D eigenvalue weighted by Crippen LogP contribution is 2.29. The monoisotopic (exact) mass is 419 g/mol. The number of benzene rings is 2. The molecule has 0 aliphatic heterocycles. The molecular weight excluding hydrogens is 399 g/mol. The largest absolute Gasteiger partial charge is 0.416 e. The Kier molecular flexibility index (Phi) is 6.04. The average Bonchev–Trinajstić information content (AvgIpc) is 3.04. The van der Waals surface area contributed by atoms with Crippen LogP contribution in [0, 0.1) is 6.92 Å². The lowest BCUT2D eigenvalue weighted by Crippen LogP contribution is -2.23. The van der Waals surface area contributed by atoms with Gasteiger partial charge in [-0.25, -0.2) is 4.79 Å². The summed E-state index contributed by atoms with van der Waals surface area (Å²) in [6.07, 6.45) is -3.92. The lowest BCUT2D eigenvalue weighted by atomic mass is 10.1. The van der Waals surface area contributed by atoms with Crippen molar-refractivity contribution in [2.75, 3.05) is 0 Å². The molecule has 0 saturated heterocycles. The molecule has 10 heteroatoms. The Morgan fingerprint density at radius 3 is 2.40 bits per heavy atom. The van der Waals surface area contributed by atoms with Gasteiger partial charge in [0.05, 0.1) is 17.0 Å². The lowest BCUT2D eigenvalue weighted by Gasteiger charge is -2.11. The van der Waals surface area contributed by atoms with Crippen molar-refractivity contribution in [2.45, 2.75) is 33.1 Å². The number of rotatable bonds is 6. The summed E-state index contributed by atoms with van der Waals surface area (Å²) < 4.78 is 40.5. The molecule has 0 bridgehead atoms. The van der Waals surface area contributed by atoms with Crippen molar-refractivity contribution in [3.05, 3.63) is 75.2 Å². The minimum Gasteiger partial charge on any atom is -0.391 e. The Balaban J connectivity index is 1.83. The summed E-state index contributed by atoms with van der Waals surface area (Å²) in [5.74, 6) is 0. The normalized spacial score (nSPS) is 12.3. The molecule has 30 heavy (non-hydrogen) atoms. The number of alkyl halides is 3. The first-order chi connectivity index (χ1) is 14.2. The van der Waals surface area contributed by atoms with Gasteiger partial charge < -0.3 is 4.84 Å². The molecule has 0 N–H and O–H groups in total. The van der Waals surface area contributed by atoms with Crippen LogP contribution in [0.3, 0.4) is 0 Å². The van der Waals surface area contributed by atoms with E-state index in [-0.39, 0.29) is 6.61 Å². The second kappa shape index (κ2) is 8.52. The molecule has 3 rings (SSSR count). The Morgan fingerprint density at radius 2 is 1.83 bits per heavy atom. The molecule has 0 radical (unpaired) electrons. The molecule has 0 fully saturated rings. The van der Waals surface area contributed by atoms with Crippen LogP contribution in [0.1, 0.15) is 35.6 Å². The third-order valence-electron chi connectivity index (χ3n) is 4.60. The molecule has 0 atom stereocenters. The number of aryl methyl sites for hydroxylation is 2. The summed E-state index contributed by atoms with van der Waals surface area (Å²) in [6.45, 7) is 3.75. The molecule has 0 amide bonds. The van der Waals surface area contributed by atoms with Gasteiger partial charge in [-0.15, -0.1) is 0 Å². The second-order valence-corrected chi connectivity index (χ2v) is 6.61. The van der Waals surface area contributed by atoms with E-state index in [1.54, 1.807) is 12.1 Å². The Morgan fingerprint density at radius 1 is 1.13 bits per heavy atom. The third-order valence-corrected chi connectivity index (χ3v) is 4.60. The summed E-state index contributed by atoms with van der Waals surface area (Å²) in [7, 11) is 1.50. The Hall–Kier alpha value is -3.43. The first-order valence-corrected chi connectivity index (χ1v) is 9.16. The number of hydrogen-bond acceptors (Lipinski definition) is 5. The van der Waals surface area contributed by atoms with E-state index in [1.807, 2.05) is 19.9 Å². The van der Waals surface area contributed by atoms with Crippen molar-refractivity contribution >= 4 is 5.71 Å². The highest BCUT2D eigenvalue weighted by molar-refractivity contribution is 6.00. The van der Waals surface area contributed by atoms with Crippen molar-refractivity contribution in [1.82, 2.24) is 19.8 Å². The highest BCUT2D eigenvalue weighted by atomic mass is 19.4. The fourth-order valence-electron chi connectivity index (χ4n) is 2.89. The first kappa shape index (κ1) is 21.3. The van der Waals surface area contributed by atoms with Gasteiger partial charge in [-0.1, -0.05) is 36.3 Å². The van der Waals surface area contributed by atoms with Crippen LogP contribution in [-0.4, -0.2) is 25.5 Å². The lowest BCUT2D eigenvalue weighted by molar-refractivity contribution is -0.137. The predicted molar refractivity (Wildman–Crippen MR) is 104 cm³/mol. The fourth-order valence-corrected chi connectivity index (χ4v) is 2.89. The summed E-state index contributed by atoms with van der Waals surface area (Å²) >= 11 is 0. The van der Waals surface area contributed by atoms with E-state index in [0.29, 0.717) is 28.9 Å². The Labute approximate surface area is 170 Å². The SMILES string of the molecule is CC/C(=N/OCc1c(C)cccc1-n1nnn(C)c1=O)c1ccc(C(F)(F)F)cc1.